The summed E-state index contributed by atoms with van der Waals surface area (Å²) in [6, 6.07) is 5.00. The molecule has 0 aliphatic rings. The number of nitrogens with one attached hydrogen (secondary N) is 1. The van der Waals surface area contributed by atoms with Gasteiger partial charge in [-0.25, -0.2) is 4.39 Å². The minimum atomic E-state index is -0.185. The highest BCUT2D eigenvalue weighted by atomic mass is 79.9. The Morgan fingerprint density at radius 3 is 2.77 bits per heavy atom. The molecule has 0 amide bonds. The number of halogens is 2. The van der Waals surface area contributed by atoms with Crippen molar-refractivity contribution >= 4 is 21.9 Å². The van der Waals surface area contributed by atoms with E-state index in [1.54, 1.807) is 13.1 Å². The van der Waals surface area contributed by atoms with Gasteiger partial charge < -0.3 is 10.2 Å². The fraction of sp³-hybridized carbons (Fsp3) is 0.474. The van der Waals surface area contributed by atoms with Crippen molar-refractivity contribution in [3.63, 3.8) is 0 Å². The molecule has 0 aliphatic heterocycles. The van der Waals surface area contributed by atoms with Crippen LogP contribution in [-0.2, 0) is 20.0 Å². The van der Waals surface area contributed by atoms with Gasteiger partial charge in [0.25, 0.3) is 0 Å². The van der Waals surface area contributed by atoms with E-state index in [-0.39, 0.29) is 5.82 Å². The van der Waals surface area contributed by atoms with E-state index in [0.29, 0.717) is 31.0 Å². The van der Waals surface area contributed by atoms with E-state index in [2.05, 4.69) is 56.3 Å². The highest BCUT2D eigenvalue weighted by Gasteiger charge is 2.15. The molecular formula is C19H27BrFN5. The molecule has 0 spiro atoms. The number of guanidine groups is 1. The summed E-state index contributed by atoms with van der Waals surface area (Å²) in [6.45, 7) is 5.61. The van der Waals surface area contributed by atoms with Crippen molar-refractivity contribution in [3.8, 4) is 0 Å². The Hall–Kier alpha value is -1.89. The van der Waals surface area contributed by atoms with Crippen LogP contribution in [0.15, 0.2) is 33.9 Å². The first-order valence-electron chi connectivity index (χ1n) is 8.70. The average molecular weight is 424 g/mol. The van der Waals surface area contributed by atoms with Crippen LogP contribution in [0, 0.1) is 5.82 Å². The molecule has 2 aromatic rings. The van der Waals surface area contributed by atoms with Gasteiger partial charge in [0.05, 0.1) is 5.69 Å². The topological polar surface area (TPSA) is 45.5 Å². The van der Waals surface area contributed by atoms with E-state index in [1.165, 1.54) is 11.6 Å². The maximum atomic E-state index is 13.8. The van der Waals surface area contributed by atoms with Gasteiger partial charge in [-0.05, 0) is 36.1 Å². The van der Waals surface area contributed by atoms with E-state index in [4.69, 9.17) is 0 Å². The van der Waals surface area contributed by atoms with Crippen molar-refractivity contribution in [2.75, 3.05) is 20.6 Å². The molecule has 5 nitrogen and oxygen atoms in total. The summed E-state index contributed by atoms with van der Waals surface area (Å²) in [5, 5.41) is 7.86. The molecule has 0 saturated carbocycles. The number of aliphatic imine (C=N–C) groups is 1. The van der Waals surface area contributed by atoms with Crippen LogP contribution in [0.5, 0.6) is 0 Å². The predicted octanol–water partition coefficient (Wildman–Crippen LogP) is 3.70. The summed E-state index contributed by atoms with van der Waals surface area (Å²) in [4.78, 5) is 6.39. The number of nitrogens with zero attached hydrogens (tertiary/aromatic N) is 4. The summed E-state index contributed by atoms with van der Waals surface area (Å²) < 4.78 is 16.6. The molecule has 1 N–H and O–H groups in total. The lowest BCUT2D eigenvalue weighted by Crippen LogP contribution is -2.39. The summed E-state index contributed by atoms with van der Waals surface area (Å²) >= 11 is 3.38. The minimum Gasteiger partial charge on any atom is -0.356 e. The summed E-state index contributed by atoms with van der Waals surface area (Å²) in [5.41, 5.74) is 2.97. The number of aromatic nitrogens is 2. The van der Waals surface area contributed by atoms with Gasteiger partial charge in [0.15, 0.2) is 5.96 Å². The highest BCUT2D eigenvalue weighted by Crippen LogP contribution is 2.19. The number of aryl methyl sites for hydroxylation is 1. The summed E-state index contributed by atoms with van der Waals surface area (Å²) in [6.07, 6.45) is 2.64. The molecule has 2 rings (SSSR count). The number of benzene rings is 1. The average Bonchev–Trinajstić information content (AvgIpc) is 2.95. The smallest absolute Gasteiger partial charge is 0.193 e. The van der Waals surface area contributed by atoms with Gasteiger partial charge in [-0.1, -0.05) is 29.8 Å². The van der Waals surface area contributed by atoms with Crippen LogP contribution < -0.4 is 5.32 Å². The van der Waals surface area contributed by atoms with Crippen molar-refractivity contribution in [1.82, 2.24) is 20.0 Å². The van der Waals surface area contributed by atoms with Crippen molar-refractivity contribution in [2.24, 2.45) is 12.0 Å². The third-order valence-electron chi connectivity index (χ3n) is 4.15. The van der Waals surface area contributed by atoms with Crippen LogP contribution >= 0.6 is 15.9 Å². The third-order valence-corrected chi connectivity index (χ3v) is 4.64. The Kier molecular flexibility index (Phi) is 7.20. The molecule has 0 radical (unpaired) electrons. The van der Waals surface area contributed by atoms with Gasteiger partial charge in [-0.3, -0.25) is 9.67 Å². The first-order valence-corrected chi connectivity index (χ1v) is 9.49. The molecule has 0 fully saturated rings. The number of hydrogen-bond acceptors (Lipinski definition) is 2. The lowest BCUT2D eigenvalue weighted by Gasteiger charge is -2.22. The molecule has 142 valence electrons. The van der Waals surface area contributed by atoms with Crippen molar-refractivity contribution in [1.29, 1.82) is 0 Å². The van der Waals surface area contributed by atoms with Crippen molar-refractivity contribution < 1.29 is 4.39 Å². The molecule has 7 heteroatoms. The van der Waals surface area contributed by atoms with E-state index in [1.807, 2.05) is 24.8 Å². The summed E-state index contributed by atoms with van der Waals surface area (Å²) in [7, 11) is 5.69. The standard InChI is InChI=1S/C19H27BrFN5/c1-13(2)18-15(12-26(5)24-18)11-25(4)19(22-3)23-9-8-14-10-16(20)6-7-17(14)21/h6-7,10,12-13H,8-9,11H2,1-5H3,(H,22,23). The van der Waals surface area contributed by atoms with Gasteiger partial charge in [0.2, 0.25) is 0 Å². The van der Waals surface area contributed by atoms with Gasteiger partial charge in [0.1, 0.15) is 5.82 Å². The van der Waals surface area contributed by atoms with Crippen LogP contribution in [0.25, 0.3) is 0 Å². The lowest BCUT2D eigenvalue weighted by atomic mass is 10.1. The van der Waals surface area contributed by atoms with Crippen molar-refractivity contribution in [2.45, 2.75) is 32.7 Å². The molecule has 0 atom stereocenters. The molecular weight excluding hydrogens is 397 g/mol. The van der Waals surface area contributed by atoms with E-state index in [0.717, 1.165) is 16.1 Å². The fourth-order valence-corrected chi connectivity index (χ4v) is 3.33. The van der Waals surface area contributed by atoms with Crippen LogP contribution in [0.2, 0.25) is 0 Å². The molecule has 0 saturated heterocycles. The third kappa shape index (κ3) is 5.30. The zero-order valence-corrected chi connectivity index (χ0v) is 17.6. The van der Waals surface area contributed by atoms with E-state index >= 15 is 0 Å². The molecule has 1 heterocycles. The largest absolute Gasteiger partial charge is 0.356 e. The fourth-order valence-electron chi connectivity index (χ4n) is 2.92. The van der Waals surface area contributed by atoms with Gasteiger partial charge >= 0.3 is 0 Å². The first kappa shape index (κ1) is 20.4. The number of rotatable bonds is 6. The SMILES string of the molecule is CN=C(NCCc1cc(Br)ccc1F)N(C)Cc1cn(C)nc1C(C)C. The highest BCUT2D eigenvalue weighted by molar-refractivity contribution is 9.10. The Bertz CT molecular complexity index is 769. The van der Waals surface area contributed by atoms with Gasteiger partial charge in [-0.2, -0.15) is 5.10 Å². The molecule has 0 unspecified atom stereocenters. The molecule has 26 heavy (non-hydrogen) atoms. The van der Waals surface area contributed by atoms with Crippen LogP contribution in [0.3, 0.4) is 0 Å². The van der Waals surface area contributed by atoms with Gasteiger partial charge in [0, 0.05) is 50.5 Å². The monoisotopic (exact) mass is 423 g/mol. The second kappa shape index (κ2) is 9.16. The quantitative estimate of drug-likeness (QED) is 0.568. The molecule has 1 aromatic carbocycles. The number of hydrogen-bond donors (Lipinski definition) is 1. The summed E-state index contributed by atoms with van der Waals surface area (Å²) in [5.74, 6) is 0.961. The zero-order chi connectivity index (χ0) is 19.3. The van der Waals surface area contributed by atoms with E-state index in [9.17, 15) is 4.39 Å². The van der Waals surface area contributed by atoms with Crippen molar-refractivity contribution in [3.05, 3.63) is 51.5 Å². The maximum Gasteiger partial charge on any atom is 0.193 e. The van der Waals surface area contributed by atoms with E-state index < -0.39 is 0 Å². The normalized spacial score (nSPS) is 11.9. The van der Waals surface area contributed by atoms with Crippen LogP contribution in [0.4, 0.5) is 4.39 Å². The Labute approximate surface area is 163 Å². The Morgan fingerprint density at radius 1 is 1.38 bits per heavy atom. The molecule has 0 bridgehead atoms. The Morgan fingerprint density at radius 2 is 2.12 bits per heavy atom. The zero-order valence-electron chi connectivity index (χ0n) is 16.1. The second-order valence-electron chi connectivity index (χ2n) is 6.68. The molecule has 1 aromatic heterocycles. The lowest BCUT2D eigenvalue weighted by molar-refractivity contribution is 0.473. The maximum absolute atomic E-state index is 13.8. The predicted molar refractivity (Wildman–Crippen MR) is 108 cm³/mol. The van der Waals surface area contributed by atoms with Crippen LogP contribution in [-0.4, -0.2) is 41.3 Å². The second-order valence-corrected chi connectivity index (χ2v) is 7.60. The first-order chi connectivity index (χ1) is 12.3. The molecule has 0 aliphatic carbocycles. The van der Waals surface area contributed by atoms with Crippen LogP contribution in [0.1, 0.15) is 36.6 Å². The minimum absolute atomic E-state index is 0.185. The van der Waals surface area contributed by atoms with Gasteiger partial charge in [-0.15, -0.1) is 0 Å². The Balaban J connectivity index is 1.97.